The molecule has 0 bridgehead atoms. The van der Waals surface area contributed by atoms with Gasteiger partial charge in [-0.05, 0) is 57.7 Å². The Morgan fingerprint density at radius 1 is 1.08 bits per heavy atom. The van der Waals surface area contributed by atoms with E-state index in [1.165, 1.54) is 39.6 Å². The van der Waals surface area contributed by atoms with Crippen LogP contribution in [0.2, 0.25) is 0 Å². The predicted molar refractivity (Wildman–Crippen MR) is 119 cm³/mol. The van der Waals surface area contributed by atoms with Gasteiger partial charge in [-0.3, -0.25) is 9.79 Å². The Morgan fingerprint density at radius 3 is 2.31 bits per heavy atom. The van der Waals surface area contributed by atoms with E-state index in [1.54, 1.807) is 0 Å². The number of halogens is 1. The molecule has 1 fully saturated rings. The van der Waals surface area contributed by atoms with E-state index in [0.29, 0.717) is 6.42 Å². The molecule has 7 heteroatoms. The van der Waals surface area contributed by atoms with Gasteiger partial charge < -0.3 is 20.3 Å². The zero-order chi connectivity index (χ0) is 18.3. The average molecular weight is 482 g/mol. The van der Waals surface area contributed by atoms with Crippen molar-refractivity contribution in [1.82, 2.24) is 15.5 Å². The Kier molecular flexibility index (Phi) is 16.2. The summed E-state index contributed by atoms with van der Waals surface area (Å²) in [7, 11) is 3.26. The third-order valence-electron chi connectivity index (χ3n) is 4.87. The molecule has 0 amide bonds. The smallest absolute Gasteiger partial charge is 0.305 e. The van der Waals surface area contributed by atoms with Crippen molar-refractivity contribution in [2.45, 2.75) is 58.3 Å². The van der Waals surface area contributed by atoms with E-state index >= 15 is 0 Å². The number of unbranched alkanes of at least 4 members (excludes halogenated alkanes) is 3. The number of carbonyl (C=O) groups excluding carboxylic acids is 1. The number of likely N-dealkylation sites (tertiary alicyclic amines) is 1. The molecule has 0 atom stereocenters. The van der Waals surface area contributed by atoms with Crippen molar-refractivity contribution in [2.24, 2.45) is 10.9 Å². The maximum atomic E-state index is 11.0. The number of piperidine rings is 1. The lowest BCUT2D eigenvalue weighted by Gasteiger charge is -2.30. The van der Waals surface area contributed by atoms with Crippen LogP contribution >= 0.6 is 24.0 Å². The third kappa shape index (κ3) is 12.7. The second-order valence-corrected chi connectivity index (χ2v) is 7.04. The normalized spacial score (nSPS) is 16.0. The number of hydrogen-bond donors (Lipinski definition) is 2. The van der Waals surface area contributed by atoms with Crippen LogP contribution < -0.4 is 10.6 Å². The lowest BCUT2D eigenvalue weighted by atomic mass is 9.99. The van der Waals surface area contributed by atoms with Gasteiger partial charge in [-0.2, -0.15) is 0 Å². The highest BCUT2D eigenvalue weighted by atomic mass is 127. The molecular formula is C19H39IN4O2. The fourth-order valence-corrected chi connectivity index (χ4v) is 3.07. The van der Waals surface area contributed by atoms with Crippen molar-refractivity contribution < 1.29 is 9.53 Å². The number of methoxy groups -OCH3 is 1. The first-order valence-corrected chi connectivity index (χ1v) is 9.89. The SMILES string of the molecule is CN=C(NCCCCCCC(=O)OC)NCCCN1CCC(C)CC1.I. The second kappa shape index (κ2) is 16.6. The third-order valence-corrected chi connectivity index (χ3v) is 4.87. The molecule has 154 valence electrons. The minimum atomic E-state index is -0.109. The molecule has 1 heterocycles. The first-order valence-electron chi connectivity index (χ1n) is 9.89. The fourth-order valence-electron chi connectivity index (χ4n) is 3.07. The Morgan fingerprint density at radius 2 is 1.69 bits per heavy atom. The van der Waals surface area contributed by atoms with E-state index in [-0.39, 0.29) is 29.9 Å². The minimum absolute atomic E-state index is 0. The summed E-state index contributed by atoms with van der Waals surface area (Å²) in [6.45, 7) is 7.92. The largest absolute Gasteiger partial charge is 0.469 e. The number of hydrogen-bond acceptors (Lipinski definition) is 4. The van der Waals surface area contributed by atoms with Crippen LogP contribution in [0.1, 0.15) is 58.3 Å². The number of ether oxygens (including phenoxy) is 1. The van der Waals surface area contributed by atoms with E-state index in [9.17, 15) is 4.79 Å². The fraction of sp³-hybridized carbons (Fsp3) is 0.895. The van der Waals surface area contributed by atoms with E-state index < -0.39 is 0 Å². The van der Waals surface area contributed by atoms with Gasteiger partial charge in [0.15, 0.2) is 5.96 Å². The Bertz CT molecular complexity index is 386. The van der Waals surface area contributed by atoms with Gasteiger partial charge in [-0.15, -0.1) is 24.0 Å². The molecule has 2 N–H and O–H groups in total. The van der Waals surface area contributed by atoms with Gasteiger partial charge in [0.2, 0.25) is 0 Å². The second-order valence-electron chi connectivity index (χ2n) is 7.04. The van der Waals surface area contributed by atoms with Gasteiger partial charge in [0, 0.05) is 26.6 Å². The molecular weight excluding hydrogens is 443 g/mol. The van der Waals surface area contributed by atoms with Crippen molar-refractivity contribution in [3.8, 4) is 0 Å². The van der Waals surface area contributed by atoms with Crippen LogP contribution in [0.3, 0.4) is 0 Å². The van der Waals surface area contributed by atoms with Gasteiger partial charge in [0.1, 0.15) is 0 Å². The summed E-state index contributed by atoms with van der Waals surface area (Å²) in [5, 5.41) is 6.75. The summed E-state index contributed by atoms with van der Waals surface area (Å²) < 4.78 is 4.64. The van der Waals surface area contributed by atoms with Crippen LogP contribution in [-0.2, 0) is 9.53 Å². The number of aliphatic imine (C=N–C) groups is 1. The summed E-state index contributed by atoms with van der Waals surface area (Å²) in [5.74, 6) is 1.68. The molecule has 0 unspecified atom stereocenters. The number of guanidine groups is 1. The van der Waals surface area contributed by atoms with Crippen LogP contribution in [0.25, 0.3) is 0 Å². The van der Waals surface area contributed by atoms with Gasteiger partial charge in [-0.25, -0.2) is 0 Å². The number of esters is 1. The van der Waals surface area contributed by atoms with Crippen molar-refractivity contribution in [2.75, 3.05) is 46.9 Å². The molecule has 0 aromatic carbocycles. The monoisotopic (exact) mass is 482 g/mol. The maximum Gasteiger partial charge on any atom is 0.305 e. The Hall–Kier alpha value is -0.570. The number of nitrogens with zero attached hydrogens (tertiary/aromatic N) is 2. The van der Waals surface area contributed by atoms with Gasteiger partial charge in [0.25, 0.3) is 0 Å². The lowest BCUT2D eigenvalue weighted by Crippen LogP contribution is -2.40. The maximum absolute atomic E-state index is 11.0. The number of nitrogens with one attached hydrogen (secondary N) is 2. The van der Waals surface area contributed by atoms with Crippen LogP contribution in [0.15, 0.2) is 4.99 Å². The Balaban J connectivity index is 0.00000625. The molecule has 0 saturated carbocycles. The summed E-state index contributed by atoms with van der Waals surface area (Å²) in [6.07, 6.45) is 8.56. The van der Waals surface area contributed by atoms with Crippen molar-refractivity contribution in [3.05, 3.63) is 0 Å². The number of rotatable bonds is 11. The van der Waals surface area contributed by atoms with Crippen LogP contribution in [-0.4, -0.2) is 63.7 Å². The van der Waals surface area contributed by atoms with E-state index in [0.717, 1.165) is 57.1 Å². The number of carbonyl (C=O) groups is 1. The van der Waals surface area contributed by atoms with E-state index in [2.05, 4.69) is 32.2 Å². The molecule has 1 saturated heterocycles. The van der Waals surface area contributed by atoms with Crippen LogP contribution in [0, 0.1) is 5.92 Å². The molecule has 1 aliphatic heterocycles. The highest BCUT2D eigenvalue weighted by Gasteiger charge is 2.14. The molecule has 26 heavy (non-hydrogen) atoms. The molecule has 6 nitrogen and oxygen atoms in total. The zero-order valence-electron chi connectivity index (χ0n) is 16.9. The highest BCUT2D eigenvalue weighted by Crippen LogP contribution is 2.15. The quantitative estimate of drug-likeness (QED) is 0.156. The standard InChI is InChI=1S/C19H38N4O2.HI/c1-17-10-15-23(16-11-17)14-8-13-22-19(20-2)21-12-7-5-4-6-9-18(24)25-3;/h17H,4-16H2,1-3H3,(H2,20,21,22);1H. The van der Waals surface area contributed by atoms with Gasteiger partial charge >= 0.3 is 5.97 Å². The molecule has 0 spiro atoms. The predicted octanol–water partition coefficient (Wildman–Crippen LogP) is 3.01. The first-order chi connectivity index (χ1) is 12.2. The summed E-state index contributed by atoms with van der Waals surface area (Å²) in [4.78, 5) is 17.9. The lowest BCUT2D eigenvalue weighted by molar-refractivity contribution is -0.140. The van der Waals surface area contributed by atoms with E-state index in [1.807, 2.05) is 7.05 Å². The topological polar surface area (TPSA) is 66.0 Å². The van der Waals surface area contributed by atoms with Crippen LogP contribution in [0.4, 0.5) is 0 Å². The van der Waals surface area contributed by atoms with Crippen LogP contribution in [0.5, 0.6) is 0 Å². The first kappa shape index (κ1) is 25.4. The molecule has 1 rings (SSSR count). The summed E-state index contributed by atoms with van der Waals surface area (Å²) >= 11 is 0. The minimum Gasteiger partial charge on any atom is -0.469 e. The van der Waals surface area contributed by atoms with E-state index in [4.69, 9.17) is 0 Å². The summed E-state index contributed by atoms with van der Waals surface area (Å²) in [6, 6.07) is 0. The highest BCUT2D eigenvalue weighted by molar-refractivity contribution is 14.0. The molecule has 0 radical (unpaired) electrons. The molecule has 0 aliphatic carbocycles. The molecule has 0 aromatic heterocycles. The molecule has 1 aliphatic rings. The van der Waals surface area contributed by atoms with Crippen molar-refractivity contribution >= 4 is 35.9 Å². The zero-order valence-corrected chi connectivity index (χ0v) is 19.2. The van der Waals surface area contributed by atoms with Crippen molar-refractivity contribution in [3.63, 3.8) is 0 Å². The Labute approximate surface area is 176 Å². The molecule has 0 aromatic rings. The van der Waals surface area contributed by atoms with Crippen molar-refractivity contribution in [1.29, 1.82) is 0 Å². The van der Waals surface area contributed by atoms with Gasteiger partial charge in [0.05, 0.1) is 7.11 Å². The average Bonchev–Trinajstić information content (AvgIpc) is 2.63. The van der Waals surface area contributed by atoms with Gasteiger partial charge in [-0.1, -0.05) is 19.8 Å². The summed E-state index contributed by atoms with van der Waals surface area (Å²) in [5.41, 5.74) is 0.